The Morgan fingerprint density at radius 1 is 1.21 bits per heavy atom. The third-order valence-corrected chi connectivity index (χ3v) is 3.06. The van der Waals surface area contributed by atoms with Gasteiger partial charge >= 0.3 is 20.2 Å². The zero-order valence-corrected chi connectivity index (χ0v) is 10.8. The fourth-order valence-electron chi connectivity index (χ4n) is 1.67. The van der Waals surface area contributed by atoms with Gasteiger partial charge < -0.3 is 15.1 Å². The zero-order valence-electron chi connectivity index (χ0n) is 9.78. The van der Waals surface area contributed by atoms with Crippen molar-refractivity contribution < 1.29 is 33.8 Å². The van der Waals surface area contributed by atoms with Crippen molar-refractivity contribution in [2.75, 3.05) is 0 Å². The standard InChI is InChI=1S/C11H13O7P/c12-9(13)6-7-11(10(14)15,18-19(16)17)8-4-2-1-3-5-8/h1-5,19H,6-7H2,(H,12,13)(H,14,15)(H,16,17). The number of carboxylic acids is 2. The first-order chi connectivity index (χ1) is 8.88. The minimum absolute atomic E-state index is 0.121. The second kappa shape index (κ2) is 6.47. The minimum atomic E-state index is -3.55. The molecule has 2 unspecified atom stereocenters. The van der Waals surface area contributed by atoms with Crippen molar-refractivity contribution in [2.45, 2.75) is 18.4 Å². The molecule has 0 fully saturated rings. The van der Waals surface area contributed by atoms with Crippen molar-refractivity contribution in [1.82, 2.24) is 0 Å². The summed E-state index contributed by atoms with van der Waals surface area (Å²) in [5, 5.41) is 17.9. The Bertz CT molecular complexity index is 487. The number of aliphatic carboxylic acids is 2. The molecular formula is C11H13O7P. The van der Waals surface area contributed by atoms with E-state index in [4.69, 9.17) is 10.00 Å². The summed E-state index contributed by atoms with van der Waals surface area (Å²) < 4.78 is 15.6. The molecule has 0 saturated carbocycles. The van der Waals surface area contributed by atoms with E-state index < -0.39 is 38.6 Å². The summed E-state index contributed by atoms with van der Waals surface area (Å²) in [6.45, 7) is 0. The zero-order chi connectivity index (χ0) is 14.5. The average molecular weight is 288 g/mol. The molecular weight excluding hydrogens is 275 g/mol. The van der Waals surface area contributed by atoms with Crippen molar-refractivity contribution >= 4 is 20.2 Å². The molecule has 0 aliphatic rings. The summed E-state index contributed by atoms with van der Waals surface area (Å²) in [5.41, 5.74) is -2.01. The highest BCUT2D eigenvalue weighted by Gasteiger charge is 2.43. The van der Waals surface area contributed by atoms with Crippen molar-refractivity contribution in [1.29, 1.82) is 0 Å². The number of carbonyl (C=O) groups is 2. The maximum atomic E-state index is 11.4. The molecule has 0 aromatic heterocycles. The molecule has 0 amide bonds. The van der Waals surface area contributed by atoms with E-state index in [0.717, 1.165) is 0 Å². The highest BCUT2D eigenvalue weighted by molar-refractivity contribution is 7.32. The molecule has 8 heteroatoms. The van der Waals surface area contributed by atoms with Gasteiger partial charge in [-0.05, 0) is 5.56 Å². The summed E-state index contributed by atoms with van der Waals surface area (Å²) >= 11 is 0. The van der Waals surface area contributed by atoms with Crippen LogP contribution in [0.4, 0.5) is 0 Å². The van der Waals surface area contributed by atoms with Crippen LogP contribution < -0.4 is 0 Å². The van der Waals surface area contributed by atoms with E-state index in [-0.39, 0.29) is 5.56 Å². The molecule has 7 nitrogen and oxygen atoms in total. The quantitative estimate of drug-likeness (QED) is 0.645. The van der Waals surface area contributed by atoms with E-state index in [1.54, 1.807) is 6.07 Å². The Hall–Kier alpha value is -1.69. The predicted octanol–water partition coefficient (Wildman–Crippen LogP) is 1.23. The fourth-order valence-corrected chi connectivity index (χ4v) is 2.27. The molecule has 0 heterocycles. The van der Waals surface area contributed by atoms with Crippen molar-refractivity contribution in [3.63, 3.8) is 0 Å². The number of hydrogen-bond donors (Lipinski definition) is 3. The van der Waals surface area contributed by atoms with Crippen molar-refractivity contribution in [3.8, 4) is 0 Å². The molecule has 0 aliphatic carbocycles. The Kier molecular flexibility index (Phi) is 5.23. The van der Waals surface area contributed by atoms with Gasteiger partial charge in [-0.2, -0.15) is 0 Å². The third kappa shape index (κ3) is 3.89. The van der Waals surface area contributed by atoms with Crippen LogP contribution in [0.2, 0.25) is 0 Å². The van der Waals surface area contributed by atoms with Crippen LogP contribution in [0, 0.1) is 0 Å². The van der Waals surface area contributed by atoms with Crippen LogP contribution in [0.15, 0.2) is 30.3 Å². The molecule has 0 bridgehead atoms. The Labute approximate surface area is 109 Å². The van der Waals surface area contributed by atoms with Crippen molar-refractivity contribution in [3.05, 3.63) is 35.9 Å². The van der Waals surface area contributed by atoms with Gasteiger partial charge in [0, 0.05) is 12.8 Å². The highest BCUT2D eigenvalue weighted by atomic mass is 31.1. The first-order valence-electron chi connectivity index (χ1n) is 5.31. The smallest absolute Gasteiger partial charge is 0.341 e. The molecule has 3 N–H and O–H groups in total. The third-order valence-electron chi connectivity index (χ3n) is 2.54. The SMILES string of the molecule is O=C(O)CCC(O[PH](=O)O)(C(=O)O)c1ccccc1. The van der Waals surface area contributed by atoms with Crippen LogP contribution in [0.3, 0.4) is 0 Å². The van der Waals surface area contributed by atoms with Gasteiger partial charge in [-0.3, -0.25) is 13.9 Å². The normalized spacial score (nSPS) is 15.4. The summed E-state index contributed by atoms with van der Waals surface area (Å²) in [5.74, 6) is -2.73. The number of rotatable bonds is 7. The van der Waals surface area contributed by atoms with Crippen LogP contribution >= 0.6 is 8.25 Å². The molecule has 19 heavy (non-hydrogen) atoms. The van der Waals surface area contributed by atoms with E-state index in [1.165, 1.54) is 24.3 Å². The lowest BCUT2D eigenvalue weighted by Crippen LogP contribution is -2.37. The molecule has 1 rings (SSSR count). The topological polar surface area (TPSA) is 121 Å². The first-order valence-corrected chi connectivity index (χ1v) is 6.57. The van der Waals surface area contributed by atoms with Crippen LogP contribution in [0.5, 0.6) is 0 Å². The second-order valence-electron chi connectivity index (χ2n) is 3.76. The van der Waals surface area contributed by atoms with E-state index in [9.17, 15) is 19.3 Å². The Balaban J connectivity index is 3.22. The lowest BCUT2D eigenvalue weighted by molar-refractivity contribution is -0.158. The van der Waals surface area contributed by atoms with Gasteiger partial charge in [0.05, 0.1) is 0 Å². The summed E-state index contributed by atoms with van der Waals surface area (Å²) in [4.78, 5) is 30.9. The molecule has 1 aromatic carbocycles. The van der Waals surface area contributed by atoms with Gasteiger partial charge in [0.15, 0.2) is 5.60 Å². The van der Waals surface area contributed by atoms with Gasteiger partial charge in [0.1, 0.15) is 0 Å². The lowest BCUT2D eigenvalue weighted by Gasteiger charge is -2.28. The van der Waals surface area contributed by atoms with Crippen LogP contribution in [0.25, 0.3) is 0 Å². The predicted molar refractivity (Wildman–Crippen MR) is 64.9 cm³/mol. The number of benzene rings is 1. The second-order valence-corrected chi connectivity index (χ2v) is 4.50. The Morgan fingerprint density at radius 2 is 1.79 bits per heavy atom. The van der Waals surface area contributed by atoms with Crippen LogP contribution in [-0.4, -0.2) is 27.0 Å². The molecule has 1 aromatic rings. The van der Waals surface area contributed by atoms with Gasteiger partial charge in [0.2, 0.25) is 0 Å². The summed E-state index contributed by atoms with van der Waals surface area (Å²) in [6, 6.07) is 7.51. The average Bonchev–Trinajstić information content (AvgIpc) is 2.34. The van der Waals surface area contributed by atoms with E-state index in [2.05, 4.69) is 4.52 Å². The van der Waals surface area contributed by atoms with Crippen LogP contribution in [-0.2, 0) is 24.3 Å². The molecule has 2 atom stereocenters. The molecule has 104 valence electrons. The minimum Gasteiger partial charge on any atom is -0.481 e. The summed E-state index contributed by atoms with van der Waals surface area (Å²) in [7, 11) is -3.55. The lowest BCUT2D eigenvalue weighted by atomic mass is 9.89. The van der Waals surface area contributed by atoms with Crippen LogP contribution in [0.1, 0.15) is 18.4 Å². The van der Waals surface area contributed by atoms with Gasteiger partial charge in [-0.1, -0.05) is 30.3 Å². The fraction of sp³-hybridized carbons (Fsp3) is 0.273. The molecule has 0 radical (unpaired) electrons. The molecule has 0 saturated heterocycles. The van der Waals surface area contributed by atoms with E-state index in [1.807, 2.05) is 0 Å². The van der Waals surface area contributed by atoms with Gasteiger partial charge in [-0.25, -0.2) is 4.79 Å². The first kappa shape index (κ1) is 15.4. The maximum Gasteiger partial charge on any atom is 0.341 e. The Morgan fingerprint density at radius 3 is 2.21 bits per heavy atom. The maximum absolute atomic E-state index is 11.4. The number of carboxylic acid groups (broad SMARTS) is 2. The highest BCUT2D eigenvalue weighted by Crippen LogP contribution is 2.38. The summed E-state index contributed by atoms with van der Waals surface area (Å²) in [6.07, 6.45) is -0.949. The van der Waals surface area contributed by atoms with Gasteiger partial charge in [-0.15, -0.1) is 0 Å². The largest absolute Gasteiger partial charge is 0.481 e. The van der Waals surface area contributed by atoms with E-state index in [0.29, 0.717) is 0 Å². The molecule has 0 spiro atoms. The monoisotopic (exact) mass is 288 g/mol. The van der Waals surface area contributed by atoms with E-state index >= 15 is 0 Å². The molecule has 0 aliphatic heterocycles. The van der Waals surface area contributed by atoms with Crippen molar-refractivity contribution in [2.24, 2.45) is 0 Å². The number of hydrogen-bond acceptors (Lipinski definition) is 4. The van der Waals surface area contributed by atoms with Gasteiger partial charge in [0.25, 0.3) is 0 Å².